The van der Waals surface area contributed by atoms with Crippen LogP contribution in [-0.4, -0.2) is 0 Å². The Hall–Kier alpha value is -0.690. The van der Waals surface area contributed by atoms with Crippen LogP contribution in [0.15, 0.2) is 30.3 Å². The number of hydrogen-bond acceptors (Lipinski definition) is 0. The van der Waals surface area contributed by atoms with Crippen molar-refractivity contribution in [3.8, 4) is 11.1 Å². The summed E-state index contributed by atoms with van der Waals surface area (Å²) in [6.07, 6.45) is 1.15. The van der Waals surface area contributed by atoms with Crippen molar-refractivity contribution in [2.24, 2.45) is 0 Å². The van der Waals surface area contributed by atoms with Crippen LogP contribution in [0.1, 0.15) is 63.8 Å². The van der Waals surface area contributed by atoms with Gasteiger partial charge in [0.1, 0.15) is 0 Å². The molecule has 0 heterocycles. The Kier molecular flexibility index (Phi) is 4.48. The molecule has 0 aromatic heterocycles. The normalized spacial score (nSPS) is 13.7. The van der Waals surface area contributed by atoms with Crippen LogP contribution in [0.4, 0.5) is 0 Å². The molecule has 1 heteroatoms. The zero-order chi connectivity index (χ0) is 17.9. The average molecular weight is 486 g/mol. The van der Waals surface area contributed by atoms with E-state index in [1.807, 2.05) is 0 Å². The van der Waals surface area contributed by atoms with Gasteiger partial charge in [-0.1, -0.05) is 0 Å². The quantitative estimate of drug-likeness (QED) is 0.360. The standard InChI is InChI=1S/C21H25.2CH3.Hf/c1-20(2,3)15-11-10-14-12-18-16(17(14)13-15)8-7-9-19(18)21(4,5)6;;;/h7-9,11,13H,12H2,1-6H3;2*1H3;. The number of benzene rings is 2. The maximum atomic E-state index is 2.56. The molecule has 0 fully saturated rings. The molecule has 0 amide bonds. The van der Waals surface area contributed by atoms with Gasteiger partial charge in [-0.2, -0.15) is 0 Å². The van der Waals surface area contributed by atoms with Gasteiger partial charge in [-0.05, 0) is 0 Å². The minimum atomic E-state index is -1.62. The van der Waals surface area contributed by atoms with Crippen LogP contribution in [-0.2, 0) is 38.7 Å². The van der Waals surface area contributed by atoms with Crippen molar-refractivity contribution >= 4 is 3.32 Å². The van der Waals surface area contributed by atoms with E-state index < -0.39 is 21.4 Å². The maximum absolute atomic E-state index is 2.56. The molecule has 0 nitrogen and oxygen atoms in total. The van der Waals surface area contributed by atoms with E-state index in [9.17, 15) is 0 Å². The molecule has 2 aromatic rings. The van der Waals surface area contributed by atoms with Gasteiger partial charge in [0.05, 0.1) is 0 Å². The second-order valence-electron chi connectivity index (χ2n) is 9.56. The van der Waals surface area contributed by atoms with Crippen molar-refractivity contribution < 1.29 is 21.4 Å². The van der Waals surface area contributed by atoms with E-state index in [1.165, 1.54) is 22.3 Å². The fraction of sp³-hybridized carbons (Fsp3) is 0.478. The zero-order valence-electron chi connectivity index (χ0n) is 16.6. The van der Waals surface area contributed by atoms with Crippen LogP contribution in [0.3, 0.4) is 0 Å². The van der Waals surface area contributed by atoms with Gasteiger partial charge < -0.3 is 0 Å². The van der Waals surface area contributed by atoms with E-state index in [2.05, 4.69) is 81.2 Å². The summed E-state index contributed by atoms with van der Waals surface area (Å²) >= 11 is -1.62. The Bertz CT molecular complexity index is 783. The predicted octanol–water partition coefficient (Wildman–Crippen LogP) is 6.19. The minimum absolute atomic E-state index is 0.210. The first-order chi connectivity index (χ1) is 11.0. The summed E-state index contributed by atoms with van der Waals surface area (Å²) in [5, 5.41) is 0. The van der Waals surface area contributed by atoms with Crippen molar-refractivity contribution in [3.63, 3.8) is 0 Å². The summed E-state index contributed by atoms with van der Waals surface area (Å²) in [4.78, 5) is 0. The summed E-state index contributed by atoms with van der Waals surface area (Å²) in [6.45, 7) is 14.1. The van der Waals surface area contributed by atoms with Crippen LogP contribution in [0.2, 0.25) is 9.36 Å². The molecule has 0 spiro atoms. The molecule has 0 saturated heterocycles. The van der Waals surface area contributed by atoms with Gasteiger partial charge >= 0.3 is 157 Å². The predicted molar refractivity (Wildman–Crippen MR) is 103 cm³/mol. The van der Waals surface area contributed by atoms with Crippen molar-refractivity contribution in [3.05, 3.63) is 52.6 Å². The number of rotatable bonds is 1. The van der Waals surface area contributed by atoms with Gasteiger partial charge in [-0.15, -0.1) is 0 Å². The molecular formula is C23H31Hf. The third kappa shape index (κ3) is 3.09. The van der Waals surface area contributed by atoms with Gasteiger partial charge in [0.25, 0.3) is 0 Å². The van der Waals surface area contributed by atoms with Crippen LogP contribution in [0.5, 0.6) is 0 Å². The van der Waals surface area contributed by atoms with E-state index >= 15 is 0 Å². The molecule has 127 valence electrons. The Morgan fingerprint density at radius 2 is 1.46 bits per heavy atom. The van der Waals surface area contributed by atoms with Crippen molar-refractivity contribution in [1.82, 2.24) is 0 Å². The van der Waals surface area contributed by atoms with Crippen molar-refractivity contribution in [2.45, 2.75) is 68.2 Å². The molecule has 0 radical (unpaired) electrons. The molecule has 2 aromatic carbocycles. The summed E-state index contributed by atoms with van der Waals surface area (Å²) in [5.74, 6) is 0. The molecular weight excluding hydrogens is 455 g/mol. The third-order valence-corrected chi connectivity index (χ3v) is 10.8. The van der Waals surface area contributed by atoms with Crippen LogP contribution in [0, 0.1) is 0 Å². The van der Waals surface area contributed by atoms with Gasteiger partial charge in [0.15, 0.2) is 0 Å². The molecule has 0 atom stereocenters. The second kappa shape index (κ2) is 5.94. The fourth-order valence-electron chi connectivity index (χ4n) is 3.89. The zero-order valence-corrected chi connectivity index (χ0v) is 20.2. The molecule has 1 aliphatic rings. The van der Waals surface area contributed by atoms with Gasteiger partial charge in [-0.25, -0.2) is 0 Å². The van der Waals surface area contributed by atoms with E-state index in [4.69, 9.17) is 0 Å². The summed E-state index contributed by atoms with van der Waals surface area (Å²) in [7, 11) is 0. The van der Waals surface area contributed by atoms with Gasteiger partial charge in [0.2, 0.25) is 0 Å². The third-order valence-electron chi connectivity index (χ3n) is 5.28. The van der Waals surface area contributed by atoms with Crippen molar-refractivity contribution in [2.75, 3.05) is 0 Å². The summed E-state index contributed by atoms with van der Waals surface area (Å²) < 4.78 is 6.83. The monoisotopic (exact) mass is 487 g/mol. The van der Waals surface area contributed by atoms with E-state index in [0.717, 1.165) is 6.42 Å². The van der Waals surface area contributed by atoms with E-state index in [-0.39, 0.29) is 10.8 Å². The van der Waals surface area contributed by atoms with Gasteiger partial charge in [0, 0.05) is 0 Å². The Morgan fingerprint density at radius 3 is 2.00 bits per heavy atom. The SMILES string of the molecule is [CH3][Hf]([CH3])[c]1cc(C(C)(C)C)cc2c1Cc1c-2cccc1C(C)(C)C. The first-order valence-electron chi connectivity index (χ1n) is 9.11. The number of hydrogen-bond donors (Lipinski definition) is 0. The fourth-order valence-corrected chi connectivity index (χ4v) is 8.46. The Labute approximate surface area is 156 Å². The van der Waals surface area contributed by atoms with Crippen LogP contribution < -0.4 is 3.32 Å². The van der Waals surface area contributed by atoms with Crippen molar-refractivity contribution in [1.29, 1.82) is 0 Å². The first-order valence-corrected chi connectivity index (χ1v) is 18.1. The number of fused-ring (bicyclic) bond motifs is 3. The molecule has 0 bridgehead atoms. The average Bonchev–Trinajstić information content (AvgIpc) is 2.82. The van der Waals surface area contributed by atoms with Crippen LogP contribution >= 0.6 is 0 Å². The summed E-state index contributed by atoms with van der Waals surface area (Å²) in [5.41, 5.74) is 9.73. The van der Waals surface area contributed by atoms with Crippen LogP contribution in [0.25, 0.3) is 11.1 Å². The second-order valence-corrected chi connectivity index (χ2v) is 18.7. The molecule has 0 N–H and O–H groups in total. The molecule has 1 aliphatic carbocycles. The van der Waals surface area contributed by atoms with E-state index in [1.54, 1.807) is 14.4 Å². The topological polar surface area (TPSA) is 0 Å². The molecule has 0 aliphatic heterocycles. The molecule has 0 saturated carbocycles. The van der Waals surface area contributed by atoms with Gasteiger partial charge in [-0.3, -0.25) is 0 Å². The molecule has 24 heavy (non-hydrogen) atoms. The Morgan fingerprint density at radius 1 is 0.792 bits per heavy atom. The summed E-state index contributed by atoms with van der Waals surface area (Å²) in [6, 6.07) is 12.0. The molecule has 3 rings (SSSR count). The molecule has 0 unspecified atom stereocenters. The van der Waals surface area contributed by atoms with E-state index in [0.29, 0.717) is 0 Å². The Balaban J connectivity index is 2.29. The first kappa shape index (κ1) is 18.1.